The van der Waals surface area contributed by atoms with Gasteiger partial charge in [0.25, 0.3) is 5.91 Å². The van der Waals surface area contributed by atoms with Crippen LogP contribution in [0.2, 0.25) is 0 Å². The smallest absolute Gasteiger partial charge is 0.278 e. The number of carbonyl (C=O) groups is 1. The van der Waals surface area contributed by atoms with Crippen molar-refractivity contribution in [2.24, 2.45) is 0 Å². The standard InChI is InChI=1S/C19H17BrN4O2/c20-13-5-1-2-6-14(13)23-19(25)17-18(24-9-11-26-12-10-24)22-16-8-4-3-7-15(16)21-17/h1-8H,9-12H2,(H,23,25). The van der Waals surface area contributed by atoms with Crippen LogP contribution in [-0.4, -0.2) is 42.2 Å². The second-order valence-corrected chi connectivity index (χ2v) is 6.77. The first-order chi connectivity index (χ1) is 12.7. The lowest BCUT2D eigenvalue weighted by Crippen LogP contribution is -2.38. The van der Waals surface area contributed by atoms with Gasteiger partial charge in [-0.2, -0.15) is 0 Å². The molecule has 1 aliphatic rings. The van der Waals surface area contributed by atoms with Crippen molar-refractivity contribution < 1.29 is 9.53 Å². The topological polar surface area (TPSA) is 67.4 Å². The van der Waals surface area contributed by atoms with E-state index in [2.05, 4.69) is 31.1 Å². The first-order valence-corrected chi connectivity index (χ1v) is 9.17. The number of nitrogens with zero attached hydrogens (tertiary/aromatic N) is 3. The van der Waals surface area contributed by atoms with Crippen LogP contribution in [0.15, 0.2) is 53.0 Å². The molecule has 4 rings (SSSR count). The highest BCUT2D eigenvalue weighted by atomic mass is 79.9. The zero-order chi connectivity index (χ0) is 17.9. The summed E-state index contributed by atoms with van der Waals surface area (Å²) in [5.74, 6) is 0.313. The highest BCUT2D eigenvalue weighted by molar-refractivity contribution is 9.10. The van der Waals surface area contributed by atoms with Crippen molar-refractivity contribution in [3.8, 4) is 0 Å². The Kier molecular flexibility index (Phi) is 4.81. The van der Waals surface area contributed by atoms with E-state index in [-0.39, 0.29) is 5.91 Å². The second kappa shape index (κ2) is 7.39. The number of rotatable bonds is 3. The van der Waals surface area contributed by atoms with E-state index in [0.717, 1.165) is 9.99 Å². The number of anilines is 2. The van der Waals surface area contributed by atoms with E-state index < -0.39 is 0 Å². The van der Waals surface area contributed by atoms with Crippen LogP contribution in [0.3, 0.4) is 0 Å². The largest absolute Gasteiger partial charge is 0.378 e. The number of para-hydroxylation sites is 3. The van der Waals surface area contributed by atoms with Crippen molar-refractivity contribution in [2.75, 3.05) is 36.5 Å². The molecule has 0 spiro atoms. The van der Waals surface area contributed by atoms with Gasteiger partial charge in [0.05, 0.1) is 29.9 Å². The van der Waals surface area contributed by atoms with E-state index in [4.69, 9.17) is 9.72 Å². The maximum atomic E-state index is 13.0. The van der Waals surface area contributed by atoms with Crippen LogP contribution in [-0.2, 0) is 4.74 Å². The summed E-state index contributed by atoms with van der Waals surface area (Å²) in [6.45, 7) is 2.59. The SMILES string of the molecule is O=C(Nc1ccccc1Br)c1nc2ccccc2nc1N1CCOCC1. The summed E-state index contributed by atoms with van der Waals surface area (Å²) in [6, 6.07) is 15.1. The molecular formula is C19H17BrN4O2. The van der Waals surface area contributed by atoms with Crippen LogP contribution >= 0.6 is 15.9 Å². The number of carbonyl (C=O) groups excluding carboxylic acids is 1. The van der Waals surface area contributed by atoms with Crippen LogP contribution < -0.4 is 10.2 Å². The third-order valence-electron chi connectivity index (χ3n) is 4.20. The number of halogens is 1. The number of morpholine rings is 1. The molecule has 1 N–H and O–H groups in total. The third-order valence-corrected chi connectivity index (χ3v) is 4.89. The highest BCUT2D eigenvalue weighted by Crippen LogP contribution is 2.25. The number of ether oxygens (including phenoxy) is 1. The summed E-state index contributed by atoms with van der Waals surface area (Å²) < 4.78 is 6.24. The van der Waals surface area contributed by atoms with E-state index in [9.17, 15) is 4.79 Å². The van der Waals surface area contributed by atoms with E-state index in [1.807, 2.05) is 48.5 Å². The molecule has 0 radical (unpaired) electrons. The molecule has 132 valence electrons. The first kappa shape index (κ1) is 16.9. The maximum Gasteiger partial charge on any atom is 0.278 e. The Balaban J connectivity index is 1.76. The number of amides is 1. The van der Waals surface area contributed by atoms with Gasteiger partial charge in [-0.25, -0.2) is 9.97 Å². The Hall–Kier alpha value is -2.51. The van der Waals surface area contributed by atoms with Gasteiger partial charge in [0, 0.05) is 17.6 Å². The molecule has 0 atom stereocenters. The van der Waals surface area contributed by atoms with Crippen LogP contribution in [0.1, 0.15) is 10.5 Å². The van der Waals surface area contributed by atoms with Crippen molar-refractivity contribution in [1.29, 1.82) is 0 Å². The van der Waals surface area contributed by atoms with E-state index in [1.165, 1.54) is 0 Å². The van der Waals surface area contributed by atoms with Crippen LogP contribution in [0, 0.1) is 0 Å². The average molecular weight is 413 g/mol. The zero-order valence-electron chi connectivity index (χ0n) is 14.0. The predicted octanol–water partition coefficient (Wildman–Crippen LogP) is 3.48. The summed E-state index contributed by atoms with van der Waals surface area (Å²) in [4.78, 5) is 24.4. The maximum absolute atomic E-state index is 13.0. The lowest BCUT2D eigenvalue weighted by molar-refractivity contribution is 0.102. The second-order valence-electron chi connectivity index (χ2n) is 5.92. The molecule has 1 saturated heterocycles. The molecule has 2 aromatic carbocycles. The molecule has 0 aliphatic carbocycles. The molecule has 1 aliphatic heterocycles. The molecule has 7 heteroatoms. The molecule has 2 heterocycles. The van der Waals surface area contributed by atoms with E-state index in [1.54, 1.807) is 0 Å². The Bertz CT molecular complexity index is 957. The third kappa shape index (κ3) is 3.40. The lowest BCUT2D eigenvalue weighted by Gasteiger charge is -2.29. The van der Waals surface area contributed by atoms with Gasteiger partial charge in [-0.15, -0.1) is 0 Å². The fourth-order valence-corrected chi connectivity index (χ4v) is 3.27. The van der Waals surface area contributed by atoms with E-state index in [0.29, 0.717) is 49.0 Å². The number of hydrogen-bond donors (Lipinski definition) is 1. The Labute approximate surface area is 159 Å². The Morgan fingerprint density at radius 1 is 1.00 bits per heavy atom. The summed E-state index contributed by atoms with van der Waals surface area (Å²) in [5, 5.41) is 2.92. The van der Waals surface area contributed by atoms with Crippen LogP contribution in [0.5, 0.6) is 0 Å². The minimum absolute atomic E-state index is 0.281. The summed E-state index contributed by atoms with van der Waals surface area (Å²) in [5.41, 5.74) is 2.48. The quantitative estimate of drug-likeness (QED) is 0.712. The van der Waals surface area contributed by atoms with Gasteiger partial charge in [0.15, 0.2) is 11.5 Å². The molecule has 0 saturated carbocycles. The van der Waals surface area contributed by atoms with Crippen molar-refractivity contribution >= 4 is 44.4 Å². The molecular weight excluding hydrogens is 396 g/mol. The molecule has 1 aromatic heterocycles. The number of benzene rings is 2. The normalized spacial score (nSPS) is 14.4. The monoisotopic (exact) mass is 412 g/mol. The molecule has 1 amide bonds. The highest BCUT2D eigenvalue weighted by Gasteiger charge is 2.23. The molecule has 0 unspecified atom stereocenters. The van der Waals surface area contributed by atoms with Crippen molar-refractivity contribution in [2.45, 2.75) is 0 Å². The summed E-state index contributed by atoms with van der Waals surface area (Å²) in [7, 11) is 0. The Morgan fingerprint density at radius 3 is 2.38 bits per heavy atom. The van der Waals surface area contributed by atoms with Gasteiger partial charge in [0.2, 0.25) is 0 Å². The van der Waals surface area contributed by atoms with Gasteiger partial charge in [-0.1, -0.05) is 24.3 Å². The number of fused-ring (bicyclic) bond motifs is 1. The zero-order valence-corrected chi connectivity index (χ0v) is 15.6. The van der Waals surface area contributed by atoms with Crippen LogP contribution in [0.4, 0.5) is 11.5 Å². The average Bonchev–Trinajstić information content (AvgIpc) is 2.69. The minimum Gasteiger partial charge on any atom is -0.378 e. The van der Waals surface area contributed by atoms with E-state index >= 15 is 0 Å². The molecule has 0 bridgehead atoms. The number of hydrogen-bond acceptors (Lipinski definition) is 5. The van der Waals surface area contributed by atoms with Gasteiger partial charge >= 0.3 is 0 Å². The van der Waals surface area contributed by atoms with Gasteiger partial charge in [-0.05, 0) is 40.2 Å². The van der Waals surface area contributed by atoms with Crippen molar-refractivity contribution in [3.05, 3.63) is 58.7 Å². The Morgan fingerprint density at radius 2 is 1.65 bits per heavy atom. The predicted molar refractivity (Wildman–Crippen MR) is 105 cm³/mol. The lowest BCUT2D eigenvalue weighted by atomic mass is 10.2. The first-order valence-electron chi connectivity index (χ1n) is 8.38. The van der Waals surface area contributed by atoms with Gasteiger partial charge in [0.1, 0.15) is 0 Å². The number of nitrogens with one attached hydrogen (secondary N) is 1. The fraction of sp³-hybridized carbons (Fsp3) is 0.211. The van der Waals surface area contributed by atoms with Crippen LogP contribution in [0.25, 0.3) is 11.0 Å². The molecule has 3 aromatic rings. The minimum atomic E-state index is -0.281. The fourth-order valence-electron chi connectivity index (χ4n) is 2.88. The van der Waals surface area contributed by atoms with Crippen molar-refractivity contribution in [3.63, 3.8) is 0 Å². The number of aromatic nitrogens is 2. The van der Waals surface area contributed by atoms with Crippen molar-refractivity contribution in [1.82, 2.24) is 9.97 Å². The molecule has 6 nitrogen and oxygen atoms in total. The molecule has 1 fully saturated rings. The summed E-state index contributed by atoms with van der Waals surface area (Å²) in [6.07, 6.45) is 0. The van der Waals surface area contributed by atoms with Gasteiger partial charge in [-0.3, -0.25) is 4.79 Å². The summed E-state index contributed by atoms with van der Waals surface area (Å²) >= 11 is 3.45. The van der Waals surface area contributed by atoms with Gasteiger partial charge < -0.3 is 15.0 Å². The molecule has 26 heavy (non-hydrogen) atoms.